The van der Waals surface area contributed by atoms with Gasteiger partial charge >= 0.3 is 0 Å². The van der Waals surface area contributed by atoms with Crippen LogP contribution in [-0.4, -0.2) is 55.4 Å². The number of carbonyl (C=O) groups is 2. The molecule has 5 nitrogen and oxygen atoms in total. The number of benzene rings is 1. The summed E-state index contributed by atoms with van der Waals surface area (Å²) >= 11 is 0. The SMILES string of the molecule is COc1ccc(C(C(=O)N2CCN(C=O)CC2)C(C)C)cc1. The van der Waals surface area contributed by atoms with Gasteiger partial charge < -0.3 is 14.5 Å². The number of hydrogen-bond donors (Lipinski definition) is 0. The maximum atomic E-state index is 12.9. The molecule has 5 heteroatoms. The van der Waals surface area contributed by atoms with Crippen LogP contribution in [-0.2, 0) is 9.59 Å². The fourth-order valence-corrected chi connectivity index (χ4v) is 2.87. The molecule has 120 valence electrons. The first-order chi connectivity index (χ1) is 10.6. The minimum absolute atomic E-state index is 0.144. The molecule has 1 fully saturated rings. The van der Waals surface area contributed by atoms with Crippen LogP contribution in [0, 0.1) is 5.92 Å². The highest BCUT2D eigenvalue weighted by molar-refractivity contribution is 5.84. The molecule has 0 radical (unpaired) electrons. The third-order valence-electron chi connectivity index (χ3n) is 4.18. The summed E-state index contributed by atoms with van der Waals surface area (Å²) in [6.07, 6.45) is 0.852. The lowest BCUT2D eigenvalue weighted by molar-refractivity contribution is -0.137. The third-order valence-corrected chi connectivity index (χ3v) is 4.18. The summed E-state index contributed by atoms with van der Waals surface area (Å²) in [7, 11) is 1.63. The second-order valence-corrected chi connectivity index (χ2v) is 5.96. The average Bonchev–Trinajstić information content (AvgIpc) is 2.55. The van der Waals surface area contributed by atoms with Crippen LogP contribution >= 0.6 is 0 Å². The summed E-state index contributed by atoms with van der Waals surface area (Å²) < 4.78 is 5.18. The maximum absolute atomic E-state index is 12.9. The molecule has 1 aliphatic heterocycles. The summed E-state index contributed by atoms with van der Waals surface area (Å²) in [5, 5.41) is 0. The predicted molar refractivity (Wildman–Crippen MR) is 84.8 cm³/mol. The number of amides is 2. The molecule has 1 unspecified atom stereocenters. The van der Waals surface area contributed by atoms with Gasteiger partial charge in [0.1, 0.15) is 5.75 Å². The van der Waals surface area contributed by atoms with E-state index >= 15 is 0 Å². The Bertz CT molecular complexity index is 505. The van der Waals surface area contributed by atoms with Crippen LogP contribution in [0.5, 0.6) is 5.75 Å². The van der Waals surface area contributed by atoms with Gasteiger partial charge in [-0.25, -0.2) is 0 Å². The van der Waals surface area contributed by atoms with Gasteiger partial charge in [-0.2, -0.15) is 0 Å². The molecule has 1 saturated heterocycles. The van der Waals surface area contributed by atoms with Crippen molar-refractivity contribution < 1.29 is 14.3 Å². The minimum Gasteiger partial charge on any atom is -0.497 e. The van der Waals surface area contributed by atoms with Crippen LogP contribution in [0.1, 0.15) is 25.3 Å². The summed E-state index contributed by atoms with van der Waals surface area (Å²) in [4.78, 5) is 27.2. The number of ether oxygens (including phenoxy) is 1. The molecule has 2 amide bonds. The van der Waals surface area contributed by atoms with E-state index in [0.29, 0.717) is 26.2 Å². The van der Waals surface area contributed by atoms with E-state index in [0.717, 1.165) is 17.7 Å². The van der Waals surface area contributed by atoms with Crippen molar-refractivity contribution in [1.29, 1.82) is 0 Å². The van der Waals surface area contributed by atoms with Crippen molar-refractivity contribution in [3.05, 3.63) is 29.8 Å². The Labute approximate surface area is 131 Å². The van der Waals surface area contributed by atoms with E-state index in [-0.39, 0.29) is 17.7 Å². The van der Waals surface area contributed by atoms with Crippen molar-refractivity contribution in [2.75, 3.05) is 33.3 Å². The van der Waals surface area contributed by atoms with Crippen molar-refractivity contribution in [2.24, 2.45) is 5.92 Å². The van der Waals surface area contributed by atoms with Gasteiger partial charge in [-0.15, -0.1) is 0 Å². The first-order valence-electron chi connectivity index (χ1n) is 7.69. The van der Waals surface area contributed by atoms with Crippen molar-refractivity contribution >= 4 is 12.3 Å². The molecule has 0 N–H and O–H groups in total. The number of piperazine rings is 1. The molecule has 1 aromatic carbocycles. The molecule has 1 aromatic rings. The van der Waals surface area contributed by atoms with Crippen LogP contribution in [0.15, 0.2) is 24.3 Å². The molecule has 1 heterocycles. The summed E-state index contributed by atoms with van der Waals surface area (Å²) in [5.41, 5.74) is 1.01. The van der Waals surface area contributed by atoms with Crippen molar-refractivity contribution in [2.45, 2.75) is 19.8 Å². The van der Waals surface area contributed by atoms with Crippen LogP contribution in [0.3, 0.4) is 0 Å². The highest BCUT2D eigenvalue weighted by Crippen LogP contribution is 2.28. The zero-order chi connectivity index (χ0) is 16.1. The number of hydrogen-bond acceptors (Lipinski definition) is 3. The van der Waals surface area contributed by atoms with E-state index in [1.165, 1.54) is 0 Å². The van der Waals surface area contributed by atoms with E-state index in [9.17, 15) is 9.59 Å². The van der Waals surface area contributed by atoms with Crippen LogP contribution in [0.2, 0.25) is 0 Å². The molecule has 1 atom stereocenters. The van der Waals surface area contributed by atoms with E-state index < -0.39 is 0 Å². The van der Waals surface area contributed by atoms with Gasteiger partial charge in [-0.05, 0) is 23.6 Å². The van der Waals surface area contributed by atoms with Gasteiger partial charge in [0, 0.05) is 26.2 Å². The third kappa shape index (κ3) is 3.59. The highest BCUT2D eigenvalue weighted by Gasteiger charge is 2.30. The Kier molecular flexibility index (Phi) is 5.41. The van der Waals surface area contributed by atoms with Gasteiger partial charge in [-0.1, -0.05) is 26.0 Å². The molecule has 0 aliphatic carbocycles. The number of methoxy groups -OCH3 is 1. The van der Waals surface area contributed by atoms with Crippen LogP contribution in [0.25, 0.3) is 0 Å². The molecule has 2 rings (SSSR count). The minimum atomic E-state index is -0.159. The lowest BCUT2D eigenvalue weighted by Gasteiger charge is -2.35. The van der Waals surface area contributed by atoms with Gasteiger partial charge in [-0.3, -0.25) is 9.59 Å². The largest absolute Gasteiger partial charge is 0.497 e. The normalized spacial score (nSPS) is 16.5. The van der Waals surface area contributed by atoms with E-state index in [4.69, 9.17) is 4.74 Å². The molecule has 0 spiro atoms. The van der Waals surface area contributed by atoms with E-state index in [1.54, 1.807) is 12.0 Å². The summed E-state index contributed by atoms with van der Waals surface area (Å²) in [6, 6.07) is 7.71. The molecule has 0 saturated carbocycles. The fraction of sp³-hybridized carbons (Fsp3) is 0.529. The van der Waals surface area contributed by atoms with Gasteiger partial charge in [0.05, 0.1) is 13.0 Å². The van der Waals surface area contributed by atoms with Gasteiger partial charge in [0.15, 0.2) is 0 Å². The first-order valence-corrected chi connectivity index (χ1v) is 7.69. The monoisotopic (exact) mass is 304 g/mol. The summed E-state index contributed by atoms with van der Waals surface area (Å²) in [6.45, 7) is 6.57. The highest BCUT2D eigenvalue weighted by atomic mass is 16.5. The van der Waals surface area contributed by atoms with Gasteiger partial charge in [0.2, 0.25) is 12.3 Å². The standard InChI is InChI=1S/C17H24N2O3/c1-13(2)16(14-4-6-15(22-3)7-5-14)17(21)19-10-8-18(12-20)9-11-19/h4-7,12-13,16H,8-11H2,1-3H3. The van der Waals surface area contributed by atoms with Crippen molar-refractivity contribution in [1.82, 2.24) is 9.80 Å². The molecular weight excluding hydrogens is 280 g/mol. The Morgan fingerprint density at radius 1 is 1.14 bits per heavy atom. The van der Waals surface area contributed by atoms with Crippen LogP contribution in [0.4, 0.5) is 0 Å². The maximum Gasteiger partial charge on any atom is 0.230 e. The Balaban J connectivity index is 2.13. The zero-order valence-corrected chi connectivity index (χ0v) is 13.5. The second kappa shape index (κ2) is 7.29. The molecule has 1 aliphatic rings. The topological polar surface area (TPSA) is 49.9 Å². The summed E-state index contributed by atoms with van der Waals surface area (Å²) in [5.74, 6) is 0.989. The first kappa shape index (κ1) is 16.3. The van der Waals surface area contributed by atoms with Crippen LogP contribution < -0.4 is 4.74 Å². The average molecular weight is 304 g/mol. The predicted octanol–water partition coefficient (Wildman–Crippen LogP) is 1.74. The quantitative estimate of drug-likeness (QED) is 0.779. The molecule has 0 aromatic heterocycles. The number of carbonyl (C=O) groups excluding carboxylic acids is 2. The Hall–Kier alpha value is -2.04. The Morgan fingerprint density at radius 2 is 1.73 bits per heavy atom. The Morgan fingerprint density at radius 3 is 2.18 bits per heavy atom. The van der Waals surface area contributed by atoms with Crippen molar-refractivity contribution in [3.63, 3.8) is 0 Å². The van der Waals surface area contributed by atoms with E-state index in [1.807, 2.05) is 29.2 Å². The van der Waals surface area contributed by atoms with Crippen molar-refractivity contribution in [3.8, 4) is 5.75 Å². The molecule has 22 heavy (non-hydrogen) atoms. The number of nitrogens with zero attached hydrogens (tertiary/aromatic N) is 2. The second-order valence-electron chi connectivity index (χ2n) is 5.96. The molecule has 0 bridgehead atoms. The zero-order valence-electron chi connectivity index (χ0n) is 13.5. The fourth-order valence-electron chi connectivity index (χ4n) is 2.87. The van der Waals surface area contributed by atoms with E-state index in [2.05, 4.69) is 13.8 Å². The lowest BCUT2D eigenvalue weighted by atomic mass is 9.87. The van der Waals surface area contributed by atoms with Gasteiger partial charge in [0.25, 0.3) is 0 Å². The molecular formula is C17H24N2O3. The smallest absolute Gasteiger partial charge is 0.230 e. The number of rotatable bonds is 5. The lowest BCUT2D eigenvalue weighted by Crippen LogP contribution is -2.50.